The Labute approximate surface area is 70.0 Å². The van der Waals surface area contributed by atoms with Gasteiger partial charge in [-0.25, -0.2) is 4.79 Å². The Hall–Kier alpha value is -0.573. The van der Waals surface area contributed by atoms with E-state index in [0.29, 0.717) is 0 Å². The smallest absolute Gasteiger partial charge is 0.320 e. The Morgan fingerprint density at radius 3 is 2.45 bits per heavy atom. The summed E-state index contributed by atoms with van der Waals surface area (Å²) in [5.41, 5.74) is 0.721. The van der Waals surface area contributed by atoms with Crippen molar-refractivity contribution >= 4 is 15.0 Å². The molecular weight excluding hydrogens is 156 g/mol. The first-order valence-corrected chi connectivity index (χ1v) is 6.17. The predicted octanol–water partition coefficient (Wildman–Crippen LogP) is 2.14. The third-order valence-electron chi connectivity index (χ3n) is 1.13. The summed E-state index contributed by atoms with van der Waals surface area (Å²) in [5.74, 6) is -0.161. The Kier molecular flexibility index (Phi) is 4.86. The molecule has 11 heavy (non-hydrogen) atoms. The SMILES string of the molecule is CC/C=C(\C)C(=O)O[Si](C)C. The molecule has 0 bridgehead atoms. The minimum absolute atomic E-state index is 0.161. The summed E-state index contributed by atoms with van der Waals surface area (Å²) in [4.78, 5) is 11.1. The molecule has 0 aromatic heterocycles. The highest BCUT2D eigenvalue weighted by Crippen LogP contribution is 1.99. The standard InChI is InChI=1S/C8H15O2Si/c1-5-6-7(2)8(9)10-11(3)4/h6H,5H2,1-4H3/b7-6+. The normalized spacial score (nSPS) is 11.9. The van der Waals surface area contributed by atoms with Crippen molar-refractivity contribution in [3.05, 3.63) is 11.6 Å². The lowest BCUT2D eigenvalue weighted by atomic mass is 10.2. The fraction of sp³-hybridized carbons (Fsp3) is 0.625. The van der Waals surface area contributed by atoms with Gasteiger partial charge in [0.15, 0.2) is 0 Å². The molecule has 63 valence electrons. The van der Waals surface area contributed by atoms with E-state index >= 15 is 0 Å². The maximum atomic E-state index is 11.1. The van der Waals surface area contributed by atoms with Crippen LogP contribution in [0.4, 0.5) is 0 Å². The van der Waals surface area contributed by atoms with Crippen molar-refractivity contribution in [1.29, 1.82) is 0 Å². The summed E-state index contributed by atoms with van der Waals surface area (Å²) in [7, 11) is -0.887. The molecular formula is C8H15O2Si. The lowest BCUT2D eigenvalue weighted by Gasteiger charge is -2.05. The molecule has 0 aliphatic carbocycles. The molecule has 0 aliphatic rings. The van der Waals surface area contributed by atoms with Gasteiger partial charge in [0.25, 0.3) is 9.04 Å². The van der Waals surface area contributed by atoms with Crippen LogP contribution in [0.3, 0.4) is 0 Å². The minimum Gasteiger partial charge on any atom is -0.515 e. The van der Waals surface area contributed by atoms with Gasteiger partial charge in [0, 0.05) is 5.57 Å². The van der Waals surface area contributed by atoms with Gasteiger partial charge in [-0.1, -0.05) is 13.0 Å². The zero-order chi connectivity index (χ0) is 8.85. The van der Waals surface area contributed by atoms with Crippen molar-refractivity contribution in [1.82, 2.24) is 0 Å². The molecule has 3 heteroatoms. The maximum absolute atomic E-state index is 11.1. The molecule has 0 unspecified atom stereocenters. The maximum Gasteiger partial charge on any atom is 0.320 e. The molecule has 0 heterocycles. The summed E-state index contributed by atoms with van der Waals surface area (Å²) in [5, 5.41) is 0. The molecule has 1 radical (unpaired) electrons. The van der Waals surface area contributed by atoms with Crippen LogP contribution in [0.2, 0.25) is 13.1 Å². The summed E-state index contributed by atoms with van der Waals surface area (Å²) in [6, 6.07) is 0. The molecule has 2 nitrogen and oxygen atoms in total. The van der Waals surface area contributed by atoms with Gasteiger partial charge >= 0.3 is 5.97 Å². The molecule has 0 aromatic carbocycles. The van der Waals surface area contributed by atoms with Crippen molar-refractivity contribution in [3.8, 4) is 0 Å². The monoisotopic (exact) mass is 171 g/mol. The number of allylic oxidation sites excluding steroid dienone is 1. The van der Waals surface area contributed by atoms with E-state index in [9.17, 15) is 4.79 Å². The highest BCUT2D eigenvalue weighted by molar-refractivity contribution is 6.51. The van der Waals surface area contributed by atoms with Crippen LogP contribution in [0.15, 0.2) is 11.6 Å². The van der Waals surface area contributed by atoms with Gasteiger partial charge in [0.2, 0.25) is 0 Å². The summed E-state index contributed by atoms with van der Waals surface area (Å²) in [6.07, 6.45) is 2.77. The van der Waals surface area contributed by atoms with Gasteiger partial charge in [-0.2, -0.15) is 0 Å². The lowest BCUT2D eigenvalue weighted by molar-refractivity contribution is -0.130. The van der Waals surface area contributed by atoms with Gasteiger partial charge < -0.3 is 4.43 Å². The van der Waals surface area contributed by atoms with Crippen molar-refractivity contribution in [2.45, 2.75) is 33.4 Å². The van der Waals surface area contributed by atoms with Crippen LogP contribution in [-0.4, -0.2) is 15.0 Å². The molecule has 0 amide bonds. The van der Waals surface area contributed by atoms with Crippen LogP contribution < -0.4 is 0 Å². The molecule has 0 fully saturated rings. The van der Waals surface area contributed by atoms with E-state index in [2.05, 4.69) is 0 Å². The Morgan fingerprint density at radius 2 is 2.09 bits per heavy atom. The molecule has 0 saturated heterocycles. The van der Waals surface area contributed by atoms with Crippen molar-refractivity contribution in [3.63, 3.8) is 0 Å². The topological polar surface area (TPSA) is 26.3 Å². The van der Waals surface area contributed by atoms with Crippen LogP contribution in [0.1, 0.15) is 20.3 Å². The van der Waals surface area contributed by atoms with Gasteiger partial charge in [-0.3, -0.25) is 0 Å². The second-order valence-corrected chi connectivity index (χ2v) is 4.61. The first-order chi connectivity index (χ1) is 5.07. The van der Waals surface area contributed by atoms with E-state index in [1.165, 1.54) is 0 Å². The van der Waals surface area contributed by atoms with Gasteiger partial charge in [-0.05, 0) is 26.4 Å². The summed E-state index contributed by atoms with van der Waals surface area (Å²) < 4.78 is 5.06. The third-order valence-corrected chi connectivity index (χ3v) is 1.72. The minimum atomic E-state index is -0.887. The lowest BCUT2D eigenvalue weighted by Crippen LogP contribution is -2.15. The second kappa shape index (κ2) is 5.13. The van der Waals surface area contributed by atoms with E-state index in [1.54, 1.807) is 6.92 Å². The third kappa shape index (κ3) is 4.78. The number of hydrogen-bond acceptors (Lipinski definition) is 2. The van der Waals surface area contributed by atoms with Crippen LogP contribution in [-0.2, 0) is 9.22 Å². The first kappa shape index (κ1) is 10.4. The van der Waals surface area contributed by atoms with E-state index in [1.807, 2.05) is 26.1 Å². The second-order valence-electron chi connectivity index (χ2n) is 2.59. The van der Waals surface area contributed by atoms with Gasteiger partial charge in [0.1, 0.15) is 0 Å². The number of rotatable bonds is 3. The van der Waals surface area contributed by atoms with Crippen molar-refractivity contribution in [2.75, 3.05) is 0 Å². The highest BCUT2D eigenvalue weighted by Gasteiger charge is 2.07. The predicted molar refractivity (Wildman–Crippen MR) is 47.6 cm³/mol. The average Bonchev–Trinajstić information content (AvgIpc) is 1.86. The van der Waals surface area contributed by atoms with Crippen LogP contribution in [0.5, 0.6) is 0 Å². The quantitative estimate of drug-likeness (QED) is 0.480. The van der Waals surface area contributed by atoms with Gasteiger partial charge in [-0.15, -0.1) is 0 Å². The zero-order valence-electron chi connectivity index (χ0n) is 7.60. The zero-order valence-corrected chi connectivity index (χ0v) is 8.60. The van der Waals surface area contributed by atoms with Crippen molar-refractivity contribution < 1.29 is 9.22 Å². The number of hydrogen-bond donors (Lipinski definition) is 0. The molecule has 0 aliphatic heterocycles. The molecule has 0 atom stereocenters. The fourth-order valence-corrected chi connectivity index (χ4v) is 1.19. The number of carbonyl (C=O) groups excluding carboxylic acids is 1. The van der Waals surface area contributed by atoms with Crippen LogP contribution in [0, 0.1) is 0 Å². The Bertz CT molecular complexity index is 161. The Morgan fingerprint density at radius 1 is 1.55 bits per heavy atom. The van der Waals surface area contributed by atoms with Crippen LogP contribution >= 0.6 is 0 Å². The summed E-state index contributed by atoms with van der Waals surface area (Å²) in [6.45, 7) is 7.68. The molecule has 0 aromatic rings. The van der Waals surface area contributed by atoms with Gasteiger partial charge in [0.05, 0.1) is 0 Å². The van der Waals surface area contributed by atoms with E-state index in [-0.39, 0.29) is 5.97 Å². The average molecular weight is 171 g/mol. The molecule has 0 spiro atoms. The van der Waals surface area contributed by atoms with E-state index in [4.69, 9.17) is 4.43 Å². The molecule has 0 saturated carbocycles. The largest absolute Gasteiger partial charge is 0.515 e. The molecule has 0 rings (SSSR count). The highest BCUT2D eigenvalue weighted by atomic mass is 28.3. The van der Waals surface area contributed by atoms with Crippen LogP contribution in [0.25, 0.3) is 0 Å². The van der Waals surface area contributed by atoms with E-state index < -0.39 is 9.04 Å². The van der Waals surface area contributed by atoms with E-state index in [0.717, 1.165) is 12.0 Å². The number of carbonyl (C=O) groups is 1. The van der Waals surface area contributed by atoms with Crippen molar-refractivity contribution in [2.24, 2.45) is 0 Å². The first-order valence-electron chi connectivity index (χ1n) is 3.77. The summed E-state index contributed by atoms with van der Waals surface area (Å²) >= 11 is 0. The fourth-order valence-electron chi connectivity index (χ4n) is 0.655. The molecule has 0 N–H and O–H groups in total. The Balaban J connectivity index is 3.93.